The standard InChI is InChI=1S/C16H24O3.Na/c1-15(2,3)11-16(4,5)12-8-6-7-9-13(12)19-10-14(17)18;/h6-9H,10-11H2,1-5H3,(H,17,18);/q;+1/p-1. The van der Waals surface area contributed by atoms with Crippen LogP contribution >= 0.6 is 0 Å². The van der Waals surface area contributed by atoms with Crippen LogP contribution in [0.5, 0.6) is 5.75 Å². The van der Waals surface area contributed by atoms with Crippen LogP contribution in [0.4, 0.5) is 0 Å². The van der Waals surface area contributed by atoms with E-state index in [2.05, 4.69) is 34.6 Å². The van der Waals surface area contributed by atoms with E-state index in [-0.39, 0.29) is 40.4 Å². The number of aliphatic carboxylic acids is 1. The third kappa shape index (κ3) is 6.29. The van der Waals surface area contributed by atoms with Gasteiger partial charge in [-0.2, -0.15) is 0 Å². The van der Waals surface area contributed by atoms with Crippen molar-refractivity contribution in [1.29, 1.82) is 0 Å². The van der Waals surface area contributed by atoms with Crippen molar-refractivity contribution in [3.8, 4) is 5.75 Å². The third-order valence-electron chi connectivity index (χ3n) is 2.93. The summed E-state index contributed by atoms with van der Waals surface area (Å²) in [6.07, 6.45) is 0.978. The Morgan fingerprint density at radius 2 is 1.70 bits per heavy atom. The van der Waals surface area contributed by atoms with Gasteiger partial charge in [-0.25, -0.2) is 0 Å². The minimum absolute atomic E-state index is 0. The van der Waals surface area contributed by atoms with Gasteiger partial charge in [0.05, 0.1) is 5.97 Å². The van der Waals surface area contributed by atoms with Crippen LogP contribution in [0, 0.1) is 5.41 Å². The monoisotopic (exact) mass is 286 g/mol. The van der Waals surface area contributed by atoms with Crippen molar-refractivity contribution in [3.63, 3.8) is 0 Å². The van der Waals surface area contributed by atoms with E-state index < -0.39 is 12.6 Å². The van der Waals surface area contributed by atoms with Gasteiger partial charge >= 0.3 is 29.6 Å². The second-order valence-electron chi connectivity index (χ2n) is 6.78. The molecule has 0 aliphatic carbocycles. The van der Waals surface area contributed by atoms with Crippen LogP contribution in [0.1, 0.15) is 46.6 Å². The summed E-state index contributed by atoms with van der Waals surface area (Å²) in [7, 11) is 0. The van der Waals surface area contributed by atoms with Gasteiger partial charge in [-0.15, -0.1) is 0 Å². The quantitative estimate of drug-likeness (QED) is 0.688. The van der Waals surface area contributed by atoms with Gasteiger partial charge in [-0.3, -0.25) is 0 Å². The van der Waals surface area contributed by atoms with Crippen LogP contribution in [0.25, 0.3) is 0 Å². The maximum atomic E-state index is 10.5. The number of hydrogen-bond donors (Lipinski definition) is 0. The molecule has 106 valence electrons. The Morgan fingerprint density at radius 3 is 2.20 bits per heavy atom. The Balaban J connectivity index is 0.00000361. The molecule has 0 N–H and O–H groups in total. The van der Waals surface area contributed by atoms with E-state index in [1.54, 1.807) is 0 Å². The minimum Gasteiger partial charge on any atom is -0.546 e. The molecular formula is C16H23NaO3. The van der Waals surface area contributed by atoms with Crippen molar-refractivity contribution in [2.24, 2.45) is 5.41 Å². The zero-order valence-electron chi connectivity index (χ0n) is 13.4. The first-order valence-electron chi connectivity index (χ1n) is 6.54. The van der Waals surface area contributed by atoms with E-state index in [0.717, 1.165) is 12.0 Å². The van der Waals surface area contributed by atoms with Crippen molar-refractivity contribution in [3.05, 3.63) is 29.8 Å². The van der Waals surface area contributed by atoms with Gasteiger partial charge in [0.15, 0.2) is 0 Å². The molecule has 0 saturated heterocycles. The van der Waals surface area contributed by atoms with Crippen LogP contribution in [0.15, 0.2) is 24.3 Å². The van der Waals surface area contributed by atoms with Crippen LogP contribution in [-0.2, 0) is 10.2 Å². The Labute approximate surface area is 144 Å². The van der Waals surface area contributed by atoms with Crippen LogP contribution in [0.2, 0.25) is 0 Å². The zero-order chi connectivity index (χ0) is 14.7. The van der Waals surface area contributed by atoms with Crippen molar-refractivity contribution >= 4 is 5.97 Å². The van der Waals surface area contributed by atoms with Crippen molar-refractivity contribution in [1.82, 2.24) is 0 Å². The van der Waals surface area contributed by atoms with Gasteiger partial charge in [0, 0.05) is 0 Å². The summed E-state index contributed by atoms with van der Waals surface area (Å²) < 4.78 is 5.34. The average molecular weight is 286 g/mol. The first-order valence-corrected chi connectivity index (χ1v) is 6.54. The largest absolute Gasteiger partial charge is 1.00 e. The fraction of sp³-hybridized carbons (Fsp3) is 0.562. The molecule has 0 atom stereocenters. The van der Waals surface area contributed by atoms with Crippen molar-refractivity contribution < 1.29 is 44.2 Å². The normalized spacial score (nSPS) is 11.7. The molecule has 0 unspecified atom stereocenters. The summed E-state index contributed by atoms with van der Waals surface area (Å²) in [4.78, 5) is 10.5. The van der Waals surface area contributed by atoms with E-state index in [4.69, 9.17) is 4.74 Å². The number of carbonyl (C=O) groups excluding carboxylic acids is 1. The Morgan fingerprint density at radius 1 is 1.15 bits per heavy atom. The Hall–Kier alpha value is -0.510. The van der Waals surface area contributed by atoms with E-state index >= 15 is 0 Å². The topological polar surface area (TPSA) is 49.4 Å². The molecule has 0 aliphatic rings. The number of rotatable bonds is 5. The second-order valence-corrected chi connectivity index (χ2v) is 6.78. The Kier molecular flexibility index (Phi) is 7.29. The molecule has 0 bridgehead atoms. The summed E-state index contributed by atoms with van der Waals surface area (Å²) in [5, 5.41) is 10.5. The van der Waals surface area contributed by atoms with Crippen LogP contribution < -0.4 is 39.4 Å². The molecule has 4 heteroatoms. The van der Waals surface area contributed by atoms with E-state index in [1.807, 2.05) is 24.3 Å². The third-order valence-corrected chi connectivity index (χ3v) is 2.93. The van der Waals surface area contributed by atoms with Crippen LogP contribution in [-0.4, -0.2) is 12.6 Å². The maximum Gasteiger partial charge on any atom is 1.00 e. The summed E-state index contributed by atoms with van der Waals surface area (Å²) >= 11 is 0. The van der Waals surface area contributed by atoms with Gasteiger partial charge in [-0.1, -0.05) is 52.8 Å². The molecule has 20 heavy (non-hydrogen) atoms. The molecule has 0 saturated carbocycles. The molecule has 0 aliphatic heterocycles. The van der Waals surface area contributed by atoms with Crippen molar-refractivity contribution in [2.75, 3.05) is 6.61 Å². The fourth-order valence-electron chi connectivity index (χ4n) is 2.71. The first kappa shape index (κ1) is 19.5. The molecule has 0 aromatic heterocycles. The summed E-state index contributed by atoms with van der Waals surface area (Å²) in [6, 6.07) is 7.60. The van der Waals surface area contributed by atoms with Gasteiger partial charge in [0.2, 0.25) is 0 Å². The summed E-state index contributed by atoms with van der Waals surface area (Å²) in [5.74, 6) is -0.579. The number of hydrogen-bond acceptors (Lipinski definition) is 3. The van der Waals surface area contributed by atoms with Crippen LogP contribution in [0.3, 0.4) is 0 Å². The summed E-state index contributed by atoms with van der Waals surface area (Å²) in [5.41, 5.74) is 1.14. The number of carboxylic acid groups (broad SMARTS) is 1. The molecule has 1 aromatic rings. The predicted molar refractivity (Wildman–Crippen MR) is 74.0 cm³/mol. The van der Waals surface area contributed by atoms with E-state index in [0.29, 0.717) is 5.75 Å². The molecule has 1 rings (SSSR count). The molecule has 0 amide bonds. The van der Waals surface area contributed by atoms with Gasteiger partial charge in [0.1, 0.15) is 12.4 Å². The van der Waals surface area contributed by atoms with Gasteiger partial charge in [-0.05, 0) is 28.9 Å². The Bertz CT molecular complexity index is 447. The SMILES string of the molecule is CC(C)(C)CC(C)(C)c1ccccc1OCC(=O)[O-].[Na+]. The number of carboxylic acids is 1. The molecule has 3 nitrogen and oxygen atoms in total. The zero-order valence-corrected chi connectivity index (χ0v) is 15.4. The fourth-order valence-corrected chi connectivity index (χ4v) is 2.71. The van der Waals surface area contributed by atoms with Gasteiger partial charge < -0.3 is 14.6 Å². The molecular weight excluding hydrogens is 263 g/mol. The molecule has 0 radical (unpaired) electrons. The van der Waals surface area contributed by atoms with E-state index in [9.17, 15) is 9.90 Å². The molecule has 0 heterocycles. The number of ether oxygens (including phenoxy) is 1. The second kappa shape index (κ2) is 7.48. The van der Waals surface area contributed by atoms with Crippen molar-refractivity contribution in [2.45, 2.75) is 46.5 Å². The summed E-state index contributed by atoms with van der Waals surface area (Å²) in [6.45, 7) is 10.5. The molecule has 0 fully saturated rings. The average Bonchev–Trinajstić information content (AvgIpc) is 2.23. The number of carbonyl (C=O) groups is 1. The van der Waals surface area contributed by atoms with Gasteiger partial charge in [0.25, 0.3) is 0 Å². The van der Waals surface area contributed by atoms with E-state index in [1.165, 1.54) is 0 Å². The number of para-hydroxylation sites is 1. The number of benzene rings is 1. The smallest absolute Gasteiger partial charge is 0.546 e. The maximum absolute atomic E-state index is 10.5. The predicted octanol–water partition coefficient (Wildman–Crippen LogP) is -0.467. The minimum atomic E-state index is -1.21. The first-order chi connectivity index (χ1) is 8.62. The molecule has 1 aromatic carbocycles. The molecule has 0 spiro atoms.